The zero-order valence-electron chi connectivity index (χ0n) is 14.6. The highest BCUT2D eigenvalue weighted by Gasteiger charge is 2.23. The molecule has 2 heterocycles. The Labute approximate surface area is 148 Å². The van der Waals surface area contributed by atoms with Crippen LogP contribution >= 0.6 is 0 Å². The molecule has 1 aliphatic heterocycles. The van der Waals surface area contributed by atoms with Crippen LogP contribution in [0, 0.1) is 6.92 Å². The van der Waals surface area contributed by atoms with Crippen molar-refractivity contribution in [3.8, 4) is 5.69 Å². The second-order valence-corrected chi connectivity index (χ2v) is 6.45. The number of aromatic nitrogens is 2. The molecule has 0 spiro atoms. The van der Waals surface area contributed by atoms with E-state index in [4.69, 9.17) is 9.84 Å². The zero-order chi connectivity index (χ0) is 17.6. The van der Waals surface area contributed by atoms with Crippen molar-refractivity contribution in [1.82, 2.24) is 14.7 Å². The number of benzene rings is 1. The summed E-state index contributed by atoms with van der Waals surface area (Å²) in [6, 6.07) is 7.56. The van der Waals surface area contributed by atoms with Crippen LogP contribution in [-0.4, -0.2) is 58.1 Å². The van der Waals surface area contributed by atoms with Crippen LogP contribution in [0.4, 0.5) is 0 Å². The van der Waals surface area contributed by atoms with Crippen molar-refractivity contribution in [3.05, 3.63) is 47.8 Å². The summed E-state index contributed by atoms with van der Waals surface area (Å²) in [6.45, 7) is 4.17. The third kappa shape index (κ3) is 4.46. The molecule has 3 rings (SSSR count). The number of aryl methyl sites for hydroxylation is 1. The lowest BCUT2D eigenvalue weighted by Crippen LogP contribution is -2.41. The Morgan fingerprint density at radius 1 is 1.28 bits per heavy atom. The number of hydrogen-bond acceptors (Lipinski definition) is 4. The predicted molar refractivity (Wildman–Crippen MR) is 94.9 cm³/mol. The predicted octanol–water partition coefficient (Wildman–Crippen LogP) is 2.18. The third-order valence-corrected chi connectivity index (χ3v) is 4.48. The summed E-state index contributed by atoms with van der Waals surface area (Å²) >= 11 is 0. The number of aliphatic hydroxyl groups is 1. The van der Waals surface area contributed by atoms with Crippen LogP contribution in [0.15, 0.2) is 36.7 Å². The van der Waals surface area contributed by atoms with Crippen molar-refractivity contribution in [2.75, 3.05) is 26.3 Å². The van der Waals surface area contributed by atoms with Gasteiger partial charge in [-0.1, -0.05) is 0 Å². The van der Waals surface area contributed by atoms with Gasteiger partial charge in [-0.3, -0.25) is 4.79 Å². The molecule has 1 aliphatic rings. The van der Waals surface area contributed by atoms with E-state index in [-0.39, 0.29) is 18.6 Å². The second kappa shape index (κ2) is 8.27. The fourth-order valence-corrected chi connectivity index (χ4v) is 3.03. The number of likely N-dealkylation sites (tertiary alicyclic amines) is 1. The molecule has 1 aromatic carbocycles. The van der Waals surface area contributed by atoms with Crippen molar-refractivity contribution in [3.63, 3.8) is 0 Å². The maximum absolute atomic E-state index is 12.6. The van der Waals surface area contributed by atoms with Crippen molar-refractivity contribution in [2.24, 2.45) is 0 Å². The highest BCUT2D eigenvalue weighted by atomic mass is 16.5. The van der Waals surface area contributed by atoms with E-state index in [0.717, 1.165) is 24.1 Å². The fourth-order valence-electron chi connectivity index (χ4n) is 3.03. The average Bonchev–Trinajstić information content (AvgIpc) is 3.08. The summed E-state index contributed by atoms with van der Waals surface area (Å²) in [4.78, 5) is 14.5. The molecule has 0 radical (unpaired) electrons. The molecular weight excluding hydrogens is 318 g/mol. The van der Waals surface area contributed by atoms with Crippen LogP contribution in [0.5, 0.6) is 0 Å². The summed E-state index contributed by atoms with van der Waals surface area (Å²) in [6.07, 6.45) is 6.33. The number of nitrogens with zero attached hydrogens (tertiary/aromatic N) is 3. The Kier molecular flexibility index (Phi) is 5.83. The van der Waals surface area contributed by atoms with Crippen LogP contribution in [0.25, 0.3) is 5.69 Å². The maximum atomic E-state index is 12.6. The Hall–Kier alpha value is -2.18. The summed E-state index contributed by atoms with van der Waals surface area (Å²) in [5, 5.41) is 13.1. The van der Waals surface area contributed by atoms with Crippen molar-refractivity contribution < 1.29 is 14.6 Å². The lowest BCUT2D eigenvalue weighted by molar-refractivity contribution is 0.00397. The first-order valence-corrected chi connectivity index (χ1v) is 8.81. The maximum Gasteiger partial charge on any atom is 0.253 e. The van der Waals surface area contributed by atoms with E-state index in [0.29, 0.717) is 31.7 Å². The number of aliphatic hydroxyl groups excluding tert-OH is 1. The average molecular weight is 343 g/mol. The van der Waals surface area contributed by atoms with Crippen LogP contribution in [-0.2, 0) is 4.74 Å². The molecule has 0 unspecified atom stereocenters. The number of piperidine rings is 1. The highest BCUT2D eigenvalue weighted by Crippen LogP contribution is 2.18. The quantitative estimate of drug-likeness (QED) is 0.817. The molecule has 1 saturated heterocycles. The van der Waals surface area contributed by atoms with Gasteiger partial charge in [-0.25, -0.2) is 4.68 Å². The molecule has 0 aliphatic carbocycles. The lowest BCUT2D eigenvalue weighted by atomic mass is 10.1. The first-order valence-electron chi connectivity index (χ1n) is 8.81. The van der Waals surface area contributed by atoms with Crippen LogP contribution in [0.2, 0.25) is 0 Å². The van der Waals surface area contributed by atoms with Gasteiger partial charge in [0.1, 0.15) is 0 Å². The number of amides is 1. The molecule has 1 aromatic heterocycles. The van der Waals surface area contributed by atoms with Gasteiger partial charge in [-0.15, -0.1) is 0 Å². The van der Waals surface area contributed by atoms with Crippen molar-refractivity contribution in [2.45, 2.75) is 32.3 Å². The number of ether oxygens (including phenoxy) is 1. The molecule has 6 heteroatoms. The van der Waals surface area contributed by atoms with E-state index in [9.17, 15) is 4.79 Å². The van der Waals surface area contributed by atoms with Gasteiger partial charge in [-0.2, -0.15) is 5.10 Å². The fraction of sp³-hybridized carbons (Fsp3) is 0.474. The molecule has 0 saturated carbocycles. The molecule has 2 aromatic rings. The van der Waals surface area contributed by atoms with Crippen molar-refractivity contribution >= 4 is 5.91 Å². The van der Waals surface area contributed by atoms with Gasteiger partial charge in [0, 0.05) is 38.1 Å². The zero-order valence-corrected chi connectivity index (χ0v) is 14.6. The number of hydrogen-bond donors (Lipinski definition) is 1. The van der Waals surface area contributed by atoms with Crippen molar-refractivity contribution in [1.29, 1.82) is 0 Å². The third-order valence-electron chi connectivity index (χ3n) is 4.48. The molecule has 0 atom stereocenters. The van der Waals surface area contributed by atoms with Gasteiger partial charge in [-0.05, 0) is 56.0 Å². The van der Waals surface area contributed by atoms with Crippen LogP contribution < -0.4 is 0 Å². The minimum Gasteiger partial charge on any atom is -0.396 e. The normalized spacial score (nSPS) is 15.5. The monoisotopic (exact) mass is 343 g/mol. The number of carbonyl (C=O) groups is 1. The van der Waals surface area contributed by atoms with Gasteiger partial charge in [0.25, 0.3) is 5.91 Å². The van der Waals surface area contributed by atoms with E-state index in [1.54, 1.807) is 4.68 Å². The smallest absolute Gasteiger partial charge is 0.253 e. The van der Waals surface area contributed by atoms with E-state index in [2.05, 4.69) is 5.10 Å². The minimum absolute atomic E-state index is 0.0667. The number of carbonyl (C=O) groups excluding carboxylic acids is 1. The molecule has 1 fully saturated rings. The topological polar surface area (TPSA) is 67.6 Å². The standard InChI is InChI=1S/C19H25N3O3/c1-15-13-20-22(14-15)17-5-3-16(4-6-17)19(24)21-9-7-18(8-10-21)25-12-2-11-23/h3-6,13-14,18,23H,2,7-12H2,1H3. The van der Waals surface area contributed by atoms with Crippen LogP contribution in [0.3, 0.4) is 0 Å². The lowest BCUT2D eigenvalue weighted by Gasteiger charge is -2.32. The van der Waals surface area contributed by atoms with E-state index in [1.807, 2.05) is 48.5 Å². The van der Waals surface area contributed by atoms with E-state index < -0.39 is 0 Å². The largest absolute Gasteiger partial charge is 0.396 e. The van der Waals surface area contributed by atoms with E-state index >= 15 is 0 Å². The van der Waals surface area contributed by atoms with Gasteiger partial charge < -0.3 is 14.7 Å². The van der Waals surface area contributed by atoms with Gasteiger partial charge in [0.2, 0.25) is 0 Å². The van der Waals surface area contributed by atoms with Gasteiger partial charge in [0.15, 0.2) is 0 Å². The second-order valence-electron chi connectivity index (χ2n) is 6.45. The Morgan fingerprint density at radius 2 is 2.00 bits per heavy atom. The molecular formula is C19H25N3O3. The summed E-state index contributed by atoms with van der Waals surface area (Å²) in [5.74, 6) is 0.0667. The Balaban J connectivity index is 1.55. The molecule has 1 N–H and O–H groups in total. The SMILES string of the molecule is Cc1cnn(-c2ccc(C(=O)N3CCC(OCCCO)CC3)cc2)c1. The Morgan fingerprint density at radius 3 is 2.60 bits per heavy atom. The molecule has 1 amide bonds. The first kappa shape index (κ1) is 17.6. The van der Waals surface area contributed by atoms with Gasteiger partial charge >= 0.3 is 0 Å². The first-order chi connectivity index (χ1) is 12.2. The van der Waals surface area contributed by atoms with E-state index in [1.165, 1.54) is 0 Å². The number of rotatable bonds is 6. The Bertz CT molecular complexity index is 688. The molecule has 6 nitrogen and oxygen atoms in total. The van der Waals surface area contributed by atoms with Crippen LogP contribution in [0.1, 0.15) is 35.2 Å². The highest BCUT2D eigenvalue weighted by molar-refractivity contribution is 5.94. The molecule has 0 bridgehead atoms. The summed E-state index contributed by atoms with van der Waals surface area (Å²) < 4.78 is 7.52. The minimum atomic E-state index is 0.0667. The summed E-state index contributed by atoms with van der Waals surface area (Å²) in [5.41, 5.74) is 2.75. The summed E-state index contributed by atoms with van der Waals surface area (Å²) in [7, 11) is 0. The molecule has 25 heavy (non-hydrogen) atoms. The van der Waals surface area contributed by atoms with Gasteiger partial charge in [0.05, 0.1) is 18.0 Å². The molecule has 134 valence electrons.